The molecule has 0 aromatic heterocycles. The van der Waals surface area contributed by atoms with E-state index in [0.29, 0.717) is 17.3 Å². The molecule has 0 saturated carbocycles. The van der Waals surface area contributed by atoms with Gasteiger partial charge in [-0.2, -0.15) is 0 Å². The van der Waals surface area contributed by atoms with Gasteiger partial charge in [0.1, 0.15) is 12.4 Å². The Morgan fingerprint density at radius 2 is 1.88 bits per heavy atom. The number of nitrogens with zero attached hydrogens (tertiary/aromatic N) is 2. The van der Waals surface area contributed by atoms with Crippen LogP contribution < -0.4 is 4.90 Å². The van der Waals surface area contributed by atoms with E-state index in [1.807, 2.05) is 6.92 Å². The third kappa shape index (κ3) is 3.62. The molecule has 1 heterocycles. The summed E-state index contributed by atoms with van der Waals surface area (Å²) in [6.45, 7) is 1.99. The Morgan fingerprint density at radius 1 is 1.16 bits per heavy atom. The fourth-order valence-corrected chi connectivity index (χ4v) is 3.18. The van der Waals surface area contributed by atoms with E-state index in [1.165, 1.54) is 17.0 Å². The van der Waals surface area contributed by atoms with Gasteiger partial charge in [0.05, 0.1) is 5.56 Å². The first-order valence-corrected chi connectivity index (χ1v) is 8.44. The summed E-state index contributed by atoms with van der Waals surface area (Å²) in [6, 6.07) is 10.6. The Hall–Kier alpha value is -2.11. The van der Waals surface area contributed by atoms with Crippen molar-refractivity contribution in [2.24, 2.45) is 0 Å². The van der Waals surface area contributed by atoms with Crippen molar-refractivity contribution < 1.29 is 14.0 Å². The summed E-state index contributed by atoms with van der Waals surface area (Å²) in [5.74, 6) is -1.47. The number of carbonyl (C=O) groups excluding carboxylic acids is 2. The number of carbonyl (C=O) groups is 2. The van der Waals surface area contributed by atoms with Crippen molar-refractivity contribution in [3.63, 3.8) is 0 Å². The molecular formula is C18H15Cl2FN2O2. The Morgan fingerprint density at radius 3 is 2.56 bits per heavy atom. The van der Waals surface area contributed by atoms with Gasteiger partial charge in [0, 0.05) is 28.3 Å². The minimum absolute atomic E-state index is 0.0970. The zero-order valence-electron chi connectivity index (χ0n) is 13.4. The van der Waals surface area contributed by atoms with Crippen molar-refractivity contribution in [2.75, 3.05) is 18.0 Å². The molecule has 1 aliphatic heterocycles. The van der Waals surface area contributed by atoms with Gasteiger partial charge in [-0.15, -0.1) is 0 Å². The van der Waals surface area contributed by atoms with Crippen LogP contribution in [0.1, 0.15) is 17.3 Å². The quantitative estimate of drug-likeness (QED) is 0.789. The number of hydrogen-bond donors (Lipinski definition) is 0. The molecule has 130 valence electrons. The van der Waals surface area contributed by atoms with E-state index < -0.39 is 11.7 Å². The summed E-state index contributed by atoms with van der Waals surface area (Å²) in [5, 5.41) is 0.739. The van der Waals surface area contributed by atoms with E-state index >= 15 is 0 Å². The van der Waals surface area contributed by atoms with Crippen LogP contribution in [0.25, 0.3) is 0 Å². The minimum atomic E-state index is -0.700. The molecule has 0 spiro atoms. The molecule has 2 aromatic rings. The molecule has 3 rings (SSSR count). The van der Waals surface area contributed by atoms with E-state index in [-0.39, 0.29) is 29.1 Å². The topological polar surface area (TPSA) is 40.6 Å². The molecule has 2 amide bonds. The maximum absolute atomic E-state index is 14.0. The number of benzene rings is 2. The lowest BCUT2D eigenvalue weighted by Gasteiger charge is -2.39. The van der Waals surface area contributed by atoms with Crippen molar-refractivity contribution in [1.82, 2.24) is 4.90 Å². The molecule has 0 N–H and O–H groups in total. The van der Waals surface area contributed by atoms with Crippen LogP contribution in [0, 0.1) is 5.82 Å². The van der Waals surface area contributed by atoms with E-state index in [4.69, 9.17) is 23.2 Å². The fraction of sp³-hybridized carbons (Fsp3) is 0.222. The molecule has 1 atom stereocenters. The van der Waals surface area contributed by atoms with Crippen LogP contribution >= 0.6 is 23.2 Å². The van der Waals surface area contributed by atoms with E-state index in [9.17, 15) is 14.0 Å². The van der Waals surface area contributed by atoms with Gasteiger partial charge in [0.2, 0.25) is 5.91 Å². The second kappa shape index (κ2) is 7.02. The van der Waals surface area contributed by atoms with Crippen molar-refractivity contribution in [2.45, 2.75) is 13.0 Å². The molecule has 0 unspecified atom stereocenters. The van der Waals surface area contributed by atoms with Crippen molar-refractivity contribution in [3.8, 4) is 0 Å². The first kappa shape index (κ1) is 17.7. The van der Waals surface area contributed by atoms with Gasteiger partial charge < -0.3 is 9.80 Å². The van der Waals surface area contributed by atoms with Gasteiger partial charge in [-0.25, -0.2) is 4.39 Å². The second-order valence-electron chi connectivity index (χ2n) is 5.89. The van der Waals surface area contributed by atoms with Crippen molar-refractivity contribution >= 4 is 40.7 Å². The molecule has 1 aliphatic rings. The molecule has 2 aromatic carbocycles. The Bertz CT molecular complexity index is 844. The highest BCUT2D eigenvalue weighted by Crippen LogP contribution is 2.25. The Kier molecular flexibility index (Phi) is 4.97. The zero-order valence-corrected chi connectivity index (χ0v) is 14.9. The largest absolute Gasteiger partial charge is 0.325 e. The van der Waals surface area contributed by atoms with Gasteiger partial charge in [-0.1, -0.05) is 29.3 Å². The molecule has 0 radical (unpaired) electrons. The molecule has 1 fully saturated rings. The van der Waals surface area contributed by atoms with Gasteiger partial charge in [0.25, 0.3) is 5.91 Å². The molecular weight excluding hydrogens is 366 g/mol. The SMILES string of the molecule is C[C@H]1CN(c2cccc(Cl)c2)C(=O)CN1C(=O)c1ccc(Cl)cc1F. The first-order chi connectivity index (χ1) is 11.9. The Labute approximate surface area is 154 Å². The standard InChI is InChI=1S/C18H15Cl2FN2O2/c1-11-9-23(14-4-2-3-12(19)7-14)17(24)10-22(11)18(25)15-6-5-13(20)8-16(15)21/h2-8,11H,9-10H2,1H3/t11-/m0/s1. The highest BCUT2D eigenvalue weighted by atomic mass is 35.5. The summed E-state index contributed by atoms with van der Waals surface area (Å²) >= 11 is 11.7. The number of hydrogen-bond acceptors (Lipinski definition) is 2. The summed E-state index contributed by atoms with van der Waals surface area (Å²) in [5.41, 5.74) is 0.578. The number of piperazine rings is 1. The predicted molar refractivity (Wildman–Crippen MR) is 95.7 cm³/mol. The first-order valence-electron chi connectivity index (χ1n) is 7.69. The van der Waals surface area contributed by atoms with E-state index in [1.54, 1.807) is 29.2 Å². The molecule has 0 aliphatic carbocycles. The molecule has 4 nitrogen and oxygen atoms in total. The fourth-order valence-electron chi connectivity index (χ4n) is 2.83. The molecule has 25 heavy (non-hydrogen) atoms. The molecule has 1 saturated heterocycles. The highest BCUT2D eigenvalue weighted by Gasteiger charge is 2.34. The van der Waals surface area contributed by atoms with Crippen LogP contribution in [-0.4, -0.2) is 35.8 Å². The zero-order chi connectivity index (χ0) is 18.1. The van der Waals surface area contributed by atoms with Crippen molar-refractivity contribution in [1.29, 1.82) is 0 Å². The normalized spacial score (nSPS) is 17.8. The van der Waals surface area contributed by atoms with Gasteiger partial charge in [0.15, 0.2) is 0 Å². The molecule has 0 bridgehead atoms. The summed E-state index contributed by atoms with van der Waals surface area (Å²) in [6.07, 6.45) is 0. The van der Waals surface area contributed by atoms with Crippen LogP contribution in [0.3, 0.4) is 0 Å². The Balaban J connectivity index is 1.82. The third-order valence-corrected chi connectivity index (χ3v) is 4.60. The van der Waals surface area contributed by atoms with Gasteiger partial charge >= 0.3 is 0 Å². The average Bonchev–Trinajstić information content (AvgIpc) is 2.56. The van der Waals surface area contributed by atoms with Gasteiger partial charge in [-0.05, 0) is 43.3 Å². The summed E-state index contributed by atoms with van der Waals surface area (Å²) < 4.78 is 14.0. The third-order valence-electron chi connectivity index (χ3n) is 4.13. The number of amides is 2. The van der Waals surface area contributed by atoms with Crippen LogP contribution in [-0.2, 0) is 4.79 Å². The minimum Gasteiger partial charge on any atom is -0.325 e. The summed E-state index contributed by atoms with van der Waals surface area (Å²) in [4.78, 5) is 28.1. The van der Waals surface area contributed by atoms with E-state index in [0.717, 1.165) is 6.07 Å². The lowest BCUT2D eigenvalue weighted by Crippen LogP contribution is -2.57. The van der Waals surface area contributed by atoms with Gasteiger partial charge in [-0.3, -0.25) is 9.59 Å². The maximum Gasteiger partial charge on any atom is 0.257 e. The monoisotopic (exact) mass is 380 g/mol. The highest BCUT2D eigenvalue weighted by molar-refractivity contribution is 6.31. The van der Waals surface area contributed by atoms with Crippen LogP contribution in [0.5, 0.6) is 0 Å². The number of halogens is 3. The lowest BCUT2D eigenvalue weighted by atomic mass is 10.1. The molecule has 7 heteroatoms. The maximum atomic E-state index is 14.0. The van der Waals surface area contributed by atoms with Crippen LogP contribution in [0.15, 0.2) is 42.5 Å². The van der Waals surface area contributed by atoms with Crippen molar-refractivity contribution in [3.05, 3.63) is 63.9 Å². The second-order valence-corrected chi connectivity index (χ2v) is 6.76. The lowest BCUT2D eigenvalue weighted by molar-refractivity contribution is -0.121. The van der Waals surface area contributed by atoms with Crippen LogP contribution in [0.4, 0.5) is 10.1 Å². The smallest absolute Gasteiger partial charge is 0.257 e. The predicted octanol–water partition coefficient (Wildman–Crippen LogP) is 4.01. The van der Waals surface area contributed by atoms with E-state index in [2.05, 4.69) is 0 Å². The van der Waals surface area contributed by atoms with Crippen LogP contribution in [0.2, 0.25) is 10.0 Å². The average molecular weight is 381 g/mol. The summed E-state index contributed by atoms with van der Waals surface area (Å²) in [7, 11) is 0. The number of anilines is 1. The number of rotatable bonds is 2.